The van der Waals surface area contributed by atoms with Crippen LogP contribution in [0.4, 0.5) is 0 Å². The molecule has 2 bridgehead atoms. The Hall–Kier alpha value is -0.530. The summed E-state index contributed by atoms with van der Waals surface area (Å²) in [4.78, 5) is 0. The topological polar surface area (TPSA) is 32.6 Å². The molecule has 0 amide bonds. The Bertz CT molecular complexity index is 244. The molecule has 2 fully saturated rings. The zero-order valence-electron chi connectivity index (χ0n) is 8.09. The number of fused-ring (bicyclic) bond motifs is 2. The molecule has 0 aromatic heterocycles. The van der Waals surface area contributed by atoms with E-state index in [0.717, 1.165) is 18.1 Å². The van der Waals surface area contributed by atoms with Crippen LogP contribution in [0, 0.1) is 16.7 Å². The smallest absolute Gasteiger partial charge is 0.0638 e. The third-order valence-electron chi connectivity index (χ3n) is 4.63. The molecule has 2 atom stereocenters. The molecule has 2 heteroatoms. The van der Waals surface area contributed by atoms with E-state index in [1.807, 2.05) is 0 Å². The second-order valence-electron chi connectivity index (χ2n) is 5.04. The maximum atomic E-state index is 8.87. The van der Waals surface area contributed by atoms with Crippen LogP contribution >= 0.6 is 0 Å². The number of hydrogen-bond donors (Lipinski definition) is 1. The van der Waals surface area contributed by atoms with Gasteiger partial charge in [0.25, 0.3) is 0 Å². The van der Waals surface area contributed by atoms with E-state index in [2.05, 4.69) is 25.9 Å². The monoisotopic (exact) mass is 167 g/mol. The summed E-state index contributed by atoms with van der Waals surface area (Å²) in [5.41, 5.74) is 1.55. The van der Waals surface area contributed by atoms with Gasteiger partial charge in [0.15, 0.2) is 0 Å². The highest BCUT2D eigenvalue weighted by Crippen LogP contribution is 2.63. The summed E-state index contributed by atoms with van der Waals surface area (Å²) < 4.78 is 0. The summed E-state index contributed by atoms with van der Waals surface area (Å²) in [5, 5.41) is 12.3. The fraction of sp³-hybridized carbons (Fsp3) is 0.900. The molecular formula is C10H17NO. The van der Waals surface area contributed by atoms with Gasteiger partial charge < -0.3 is 5.21 Å². The SMILES string of the molecule is CC1(C)[C@@H]2CC[C@]1(C)/C(=N/O)C2. The molecule has 0 aromatic carbocycles. The molecule has 1 N–H and O–H groups in total. The second kappa shape index (κ2) is 2.04. The highest BCUT2D eigenvalue weighted by atomic mass is 16.4. The van der Waals surface area contributed by atoms with Gasteiger partial charge in [-0.3, -0.25) is 0 Å². The van der Waals surface area contributed by atoms with Gasteiger partial charge in [-0.25, -0.2) is 0 Å². The first kappa shape index (κ1) is 8.09. The first-order valence-corrected chi connectivity index (χ1v) is 4.74. The van der Waals surface area contributed by atoms with Gasteiger partial charge in [0, 0.05) is 5.41 Å². The van der Waals surface area contributed by atoms with E-state index in [4.69, 9.17) is 5.21 Å². The summed E-state index contributed by atoms with van der Waals surface area (Å²) in [7, 11) is 0. The third kappa shape index (κ3) is 0.644. The predicted molar refractivity (Wildman–Crippen MR) is 48.5 cm³/mol. The minimum absolute atomic E-state index is 0.173. The number of hydrogen-bond acceptors (Lipinski definition) is 2. The molecule has 2 rings (SSSR count). The molecule has 2 aliphatic carbocycles. The van der Waals surface area contributed by atoms with Gasteiger partial charge in [-0.15, -0.1) is 0 Å². The highest BCUT2D eigenvalue weighted by molar-refractivity contribution is 5.93. The second-order valence-corrected chi connectivity index (χ2v) is 5.04. The van der Waals surface area contributed by atoms with Crippen molar-refractivity contribution < 1.29 is 5.21 Å². The van der Waals surface area contributed by atoms with Crippen molar-refractivity contribution >= 4 is 5.71 Å². The minimum Gasteiger partial charge on any atom is -0.411 e. The Kier molecular flexibility index (Phi) is 1.37. The molecule has 68 valence electrons. The largest absolute Gasteiger partial charge is 0.411 e. The summed E-state index contributed by atoms with van der Waals surface area (Å²) in [6.07, 6.45) is 3.52. The average Bonchev–Trinajstić information content (AvgIpc) is 2.34. The van der Waals surface area contributed by atoms with E-state index in [1.54, 1.807) is 0 Å². The van der Waals surface area contributed by atoms with E-state index in [1.165, 1.54) is 12.8 Å². The molecule has 12 heavy (non-hydrogen) atoms. The summed E-state index contributed by atoms with van der Waals surface area (Å²) >= 11 is 0. The quantitative estimate of drug-likeness (QED) is 0.436. The van der Waals surface area contributed by atoms with Gasteiger partial charge in [-0.2, -0.15) is 0 Å². The van der Waals surface area contributed by atoms with Crippen molar-refractivity contribution in [3.8, 4) is 0 Å². The fourth-order valence-electron chi connectivity index (χ4n) is 3.08. The van der Waals surface area contributed by atoms with E-state index in [0.29, 0.717) is 5.41 Å². The third-order valence-corrected chi connectivity index (χ3v) is 4.63. The minimum atomic E-state index is 0.173. The van der Waals surface area contributed by atoms with Crippen LogP contribution in [0.5, 0.6) is 0 Å². The first-order chi connectivity index (χ1) is 5.52. The van der Waals surface area contributed by atoms with E-state index in [9.17, 15) is 0 Å². The Balaban J connectivity index is 2.46. The van der Waals surface area contributed by atoms with E-state index < -0.39 is 0 Å². The maximum absolute atomic E-state index is 8.87. The molecule has 0 saturated heterocycles. The number of oxime groups is 1. The van der Waals surface area contributed by atoms with Gasteiger partial charge >= 0.3 is 0 Å². The molecule has 0 radical (unpaired) electrons. The molecule has 0 heterocycles. The van der Waals surface area contributed by atoms with Crippen LogP contribution in [-0.4, -0.2) is 10.9 Å². The molecule has 2 aliphatic rings. The molecular weight excluding hydrogens is 150 g/mol. The zero-order chi connectivity index (χ0) is 8.98. The van der Waals surface area contributed by atoms with Gasteiger partial charge in [0.1, 0.15) is 0 Å². The van der Waals surface area contributed by atoms with Crippen molar-refractivity contribution in [2.24, 2.45) is 21.9 Å². The van der Waals surface area contributed by atoms with Gasteiger partial charge in [0.2, 0.25) is 0 Å². The standard InChI is InChI=1S/C10H17NO/c1-9(2)7-4-5-10(9,3)8(6-7)11-12/h7,12H,4-6H2,1-3H3/b11-8+/t7-,10-/m1/s1. The summed E-state index contributed by atoms with van der Waals surface area (Å²) in [6, 6.07) is 0. The number of nitrogens with zero attached hydrogens (tertiary/aromatic N) is 1. The first-order valence-electron chi connectivity index (χ1n) is 4.74. The lowest BCUT2D eigenvalue weighted by atomic mass is 9.70. The fourth-order valence-corrected chi connectivity index (χ4v) is 3.08. The Morgan fingerprint density at radius 2 is 2.08 bits per heavy atom. The van der Waals surface area contributed by atoms with Gasteiger partial charge in [-0.05, 0) is 30.6 Å². The lowest BCUT2D eigenvalue weighted by Gasteiger charge is -2.33. The summed E-state index contributed by atoms with van der Waals surface area (Å²) in [6.45, 7) is 6.86. The van der Waals surface area contributed by atoms with Crippen LogP contribution in [0.3, 0.4) is 0 Å². The molecule has 2 saturated carbocycles. The Morgan fingerprint density at radius 3 is 2.33 bits per heavy atom. The normalized spacial score (nSPS) is 47.2. The van der Waals surface area contributed by atoms with Crippen LogP contribution in [0.15, 0.2) is 5.16 Å². The van der Waals surface area contributed by atoms with Crippen molar-refractivity contribution in [3.05, 3.63) is 0 Å². The van der Waals surface area contributed by atoms with Gasteiger partial charge in [-0.1, -0.05) is 25.9 Å². The highest BCUT2D eigenvalue weighted by Gasteiger charge is 2.60. The lowest BCUT2D eigenvalue weighted by Crippen LogP contribution is -2.32. The van der Waals surface area contributed by atoms with Crippen molar-refractivity contribution in [1.29, 1.82) is 0 Å². The molecule has 0 spiro atoms. The van der Waals surface area contributed by atoms with Crippen LogP contribution in [0.2, 0.25) is 0 Å². The average molecular weight is 167 g/mol. The lowest BCUT2D eigenvalue weighted by molar-refractivity contribution is 0.190. The van der Waals surface area contributed by atoms with Crippen molar-refractivity contribution in [2.45, 2.75) is 40.0 Å². The van der Waals surface area contributed by atoms with Crippen molar-refractivity contribution in [3.63, 3.8) is 0 Å². The van der Waals surface area contributed by atoms with Crippen LogP contribution in [0.1, 0.15) is 40.0 Å². The Labute approximate surface area is 73.7 Å². The van der Waals surface area contributed by atoms with Gasteiger partial charge in [0.05, 0.1) is 5.71 Å². The van der Waals surface area contributed by atoms with Crippen molar-refractivity contribution in [1.82, 2.24) is 0 Å². The maximum Gasteiger partial charge on any atom is 0.0638 e. The molecule has 0 aromatic rings. The Morgan fingerprint density at radius 1 is 1.42 bits per heavy atom. The number of rotatable bonds is 0. The molecule has 0 aliphatic heterocycles. The summed E-state index contributed by atoms with van der Waals surface area (Å²) in [5.74, 6) is 0.744. The van der Waals surface area contributed by atoms with E-state index in [-0.39, 0.29) is 5.41 Å². The predicted octanol–water partition coefficient (Wildman–Crippen LogP) is 2.66. The van der Waals surface area contributed by atoms with Crippen LogP contribution in [-0.2, 0) is 0 Å². The zero-order valence-corrected chi connectivity index (χ0v) is 8.09. The molecule has 0 unspecified atom stereocenters. The van der Waals surface area contributed by atoms with E-state index >= 15 is 0 Å². The molecule has 2 nitrogen and oxygen atoms in total. The van der Waals surface area contributed by atoms with Crippen molar-refractivity contribution in [2.75, 3.05) is 0 Å². The van der Waals surface area contributed by atoms with Crippen LogP contribution in [0.25, 0.3) is 0 Å². The van der Waals surface area contributed by atoms with Crippen LogP contribution < -0.4 is 0 Å².